The van der Waals surface area contributed by atoms with Crippen LogP contribution >= 0.6 is 11.8 Å². The molecule has 0 saturated carbocycles. The van der Waals surface area contributed by atoms with Crippen LogP contribution in [0.1, 0.15) is 27.2 Å². The van der Waals surface area contributed by atoms with Crippen LogP contribution in [-0.4, -0.2) is 23.1 Å². The zero-order valence-corrected chi connectivity index (χ0v) is 8.42. The van der Waals surface area contributed by atoms with Gasteiger partial charge in [0.25, 0.3) is 0 Å². The van der Waals surface area contributed by atoms with Crippen molar-refractivity contribution >= 4 is 11.8 Å². The SMILES string of the molecule is CC(C)(C)C12CSCC(C1)N2. The lowest BCUT2D eigenvalue weighted by atomic mass is 9.66. The van der Waals surface area contributed by atoms with Crippen LogP contribution in [0, 0.1) is 5.41 Å². The van der Waals surface area contributed by atoms with Crippen molar-refractivity contribution in [2.24, 2.45) is 5.41 Å². The van der Waals surface area contributed by atoms with Gasteiger partial charge in [0.2, 0.25) is 0 Å². The van der Waals surface area contributed by atoms with Crippen molar-refractivity contribution in [3.05, 3.63) is 0 Å². The summed E-state index contributed by atoms with van der Waals surface area (Å²) in [6, 6.07) is 0.827. The van der Waals surface area contributed by atoms with Crippen LogP contribution in [0.15, 0.2) is 0 Å². The first kappa shape index (κ1) is 7.93. The van der Waals surface area contributed by atoms with Crippen molar-refractivity contribution in [1.29, 1.82) is 0 Å². The van der Waals surface area contributed by atoms with E-state index < -0.39 is 0 Å². The summed E-state index contributed by atoms with van der Waals surface area (Å²) in [6.45, 7) is 7.05. The predicted octanol–water partition coefficient (Wildman–Crippen LogP) is 1.88. The summed E-state index contributed by atoms with van der Waals surface area (Å²) < 4.78 is 0. The Balaban J connectivity index is 2.13. The standard InChI is InChI=1S/C9H17NS/c1-8(2,3)9-4-7(10-9)5-11-6-9/h7,10H,4-6H2,1-3H3. The Bertz CT molecular complexity index is 159. The third-order valence-electron chi connectivity index (χ3n) is 3.18. The van der Waals surface area contributed by atoms with E-state index in [1.165, 1.54) is 17.9 Å². The number of thioether (sulfide) groups is 1. The first-order valence-corrected chi connectivity index (χ1v) is 5.54. The molecule has 0 amide bonds. The maximum absolute atomic E-state index is 3.71. The molecule has 2 unspecified atom stereocenters. The third-order valence-corrected chi connectivity index (χ3v) is 4.51. The van der Waals surface area contributed by atoms with Crippen LogP contribution in [0.3, 0.4) is 0 Å². The minimum atomic E-state index is 0.441. The van der Waals surface area contributed by atoms with Gasteiger partial charge in [-0.15, -0.1) is 0 Å². The molecule has 0 aromatic carbocycles. The first-order valence-electron chi connectivity index (χ1n) is 4.39. The Labute approximate surface area is 73.3 Å². The van der Waals surface area contributed by atoms with Crippen LogP contribution in [0.5, 0.6) is 0 Å². The molecule has 3 aliphatic rings. The molecule has 0 radical (unpaired) electrons. The van der Waals surface area contributed by atoms with Gasteiger partial charge < -0.3 is 5.32 Å². The van der Waals surface area contributed by atoms with Crippen LogP contribution in [0.2, 0.25) is 0 Å². The molecular weight excluding hydrogens is 154 g/mol. The van der Waals surface area contributed by atoms with Crippen molar-refractivity contribution in [3.8, 4) is 0 Å². The Kier molecular flexibility index (Phi) is 1.56. The van der Waals surface area contributed by atoms with Gasteiger partial charge in [-0.3, -0.25) is 0 Å². The molecule has 64 valence electrons. The van der Waals surface area contributed by atoms with E-state index in [1.54, 1.807) is 0 Å². The van der Waals surface area contributed by atoms with Crippen LogP contribution < -0.4 is 5.32 Å². The molecule has 1 nitrogen and oxygen atoms in total. The van der Waals surface area contributed by atoms with Gasteiger partial charge in [-0.1, -0.05) is 20.8 Å². The molecule has 3 rings (SSSR count). The monoisotopic (exact) mass is 171 g/mol. The fourth-order valence-corrected chi connectivity index (χ4v) is 3.69. The summed E-state index contributed by atoms with van der Waals surface area (Å²) in [5, 5.41) is 3.71. The molecule has 0 spiro atoms. The highest BCUT2D eigenvalue weighted by Crippen LogP contribution is 2.47. The second-order valence-corrected chi connectivity index (χ2v) is 5.92. The lowest BCUT2D eigenvalue weighted by Gasteiger charge is -2.60. The molecule has 3 fully saturated rings. The fourth-order valence-electron chi connectivity index (χ4n) is 2.11. The molecule has 0 aliphatic carbocycles. The molecular formula is C9H17NS. The highest BCUT2D eigenvalue weighted by atomic mass is 32.2. The van der Waals surface area contributed by atoms with Crippen LogP contribution in [0.25, 0.3) is 0 Å². The van der Waals surface area contributed by atoms with Crippen LogP contribution in [-0.2, 0) is 0 Å². The van der Waals surface area contributed by atoms with E-state index in [0.717, 1.165) is 6.04 Å². The molecule has 3 aliphatic heterocycles. The lowest BCUT2D eigenvalue weighted by molar-refractivity contribution is 0.0457. The van der Waals surface area contributed by atoms with Crippen molar-refractivity contribution in [1.82, 2.24) is 5.32 Å². The highest BCUT2D eigenvalue weighted by Gasteiger charge is 2.53. The Morgan fingerprint density at radius 1 is 1.45 bits per heavy atom. The maximum atomic E-state index is 3.71. The zero-order valence-electron chi connectivity index (χ0n) is 7.61. The minimum absolute atomic E-state index is 0.441. The van der Waals surface area contributed by atoms with Gasteiger partial charge in [0.05, 0.1) is 0 Å². The van der Waals surface area contributed by atoms with E-state index in [2.05, 4.69) is 37.8 Å². The van der Waals surface area contributed by atoms with Crippen LogP contribution in [0.4, 0.5) is 0 Å². The quantitative estimate of drug-likeness (QED) is 0.597. The Hall–Kier alpha value is 0.310. The van der Waals surface area contributed by atoms with Gasteiger partial charge in [-0.05, 0) is 11.8 Å². The van der Waals surface area contributed by atoms with E-state index in [0.29, 0.717) is 11.0 Å². The molecule has 3 heterocycles. The topological polar surface area (TPSA) is 12.0 Å². The Morgan fingerprint density at radius 3 is 2.36 bits per heavy atom. The van der Waals surface area contributed by atoms with Crippen molar-refractivity contribution in [2.45, 2.75) is 38.8 Å². The van der Waals surface area contributed by atoms with E-state index in [9.17, 15) is 0 Å². The average Bonchev–Trinajstić information content (AvgIpc) is 1.85. The smallest absolute Gasteiger partial charge is 0.0338 e. The van der Waals surface area contributed by atoms with Crippen molar-refractivity contribution < 1.29 is 0 Å². The van der Waals surface area contributed by atoms with Gasteiger partial charge in [-0.2, -0.15) is 11.8 Å². The summed E-state index contributed by atoms with van der Waals surface area (Å²) in [5.41, 5.74) is 0.914. The van der Waals surface area contributed by atoms with E-state index >= 15 is 0 Å². The normalized spacial score (nSPS) is 43.4. The fraction of sp³-hybridized carbons (Fsp3) is 1.00. The molecule has 11 heavy (non-hydrogen) atoms. The molecule has 0 aromatic heterocycles. The number of nitrogens with one attached hydrogen (secondary N) is 1. The summed E-state index contributed by atoms with van der Waals surface area (Å²) in [4.78, 5) is 0. The lowest BCUT2D eigenvalue weighted by Crippen LogP contribution is -2.74. The van der Waals surface area contributed by atoms with Gasteiger partial charge in [-0.25, -0.2) is 0 Å². The van der Waals surface area contributed by atoms with Crippen molar-refractivity contribution in [2.75, 3.05) is 11.5 Å². The second-order valence-electron chi connectivity index (χ2n) is 4.89. The zero-order chi connectivity index (χ0) is 8.11. The first-order chi connectivity index (χ1) is 5.04. The molecule has 2 heteroatoms. The second kappa shape index (κ2) is 2.17. The largest absolute Gasteiger partial charge is 0.306 e. The molecule has 1 N–H and O–H groups in total. The summed E-state index contributed by atoms with van der Waals surface area (Å²) in [7, 11) is 0. The highest BCUT2D eigenvalue weighted by molar-refractivity contribution is 7.99. The molecule has 2 bridgehead atoms. The van der Waals surface area contributed by atoms with E-state index in [1.807, 2.05) is 0 Å². The number of hydrogen-bond acceptors (Lipinski definition) is 2. The number of hydrogen-bond donors (Lipinski definition) is 1. The van der Waals surface area contributed by atoms with E-state index in [4.69, 9.17) is 0 Å². The van der Waals surface area contributed by atoms with Gasteiger partial charge >= 0.3 is 0 Å². The van der Waals surface area contributed by atoms with E-state index in [-0.39, 0.29) is 0 Å². The summed E-state index contributed by atoms with van der Waals surface area (Å²) >= 11 is 2.12. The molecule has 0 aromatic rings. The third kappa shape index (κ3) is 1.03. The summed E-state index contributed by atoms with van der Waals surface area (Å²) in [5.74, 6) is 2.64. The van der Waals surface area contributed by atoms with Crippen molar-refractivity contribution in [3.63, 3.8) is 0 Å². The van der Waals surface area contributed by atoms with Gasteiger partial charge in [0, 0.05) is 23.1 Å². The van der Waals surface area contributed by atoms with Gasteiger partial charge in [0.15, 0.2) is 0 Å². The Morgan fingerprint density at radius 2 is 2.09 bits per heavy atom. The summed E-state index contributed by atoms with van der Waals surface area (Å²) in [6.07, 6.45) is 1.41. The average molecular weight is 171 g/mol. The molecule has 2 atom stereocenters. The number of rotatable bonds is 0. The molecule has 3 saturated heterocycles. The van der Waals surface area contributed by atoms with Gasteiger partial charge in [0.1, 0.15) is 0 Å². The predicted molar refractivity (Wildman–Crippen MR) is 51.1 cm³/mol. The number of fused-ring (bicyclic) bond motifs is 2. The maximum Gasteiger partial charge on any atom is 0.0338 e. The minimum Gasteiger partial charge on any atom is -0.306 e.